The highest BCUT2D eigenvalue weighted by atomic mass is 32.2. The Bertz CT molecular complexity index is 1430. The molecule has 43 heavy (non-hydrogen) atoms. The van der Waals surface area contributed by atoms with Gasteiger partial charge in [-0.25, -0.2) is 0 Å². The number of thioether (sulfide) groups is 1. The molecular formula is C34H42N4O4S. The summed E-state index contributed by atoms with van der Waals surface area (Å²) < 4.78 is -0.571. The average Bonchev–Trinajstić information content (AvgIpc) is 3.30. The van der Waals surface area contributed by atoms with Crippen molar-refractivity contribution in [2.45, 2.75) is 70.5 Å². The molecule has 1 fully saturated rings. The number of hydrogen-bond acceptors (Lipinski definition) is 6. The third-order valence-electron chi connectivity index (χ3n) is 7.98. The van der Waals surface area contributed by atoms with Gasteiger partial charge in [-0.3, -0.25) is 14.4 Å². The van der Waals surface area contributed by atoms with Crippen LogP contribution in [0, 0.1) is 20.8 Å². The molecule has 9 heteroatoms. The number of nitrogens with one attached hydrogen (secondary N) is 3. The summed E-state index contributed by atoms with van der Waals surface area (Å²) in [5.74, 6) is -0.955. The number of aliphatic hydroxyl groups is 1. The van der Waals surface area contributed by atoms with Crippen LogP contribution < -0.4 is 16.0 Å². The number of aryl methyl sites for hydroxylation is 3. The van der Waals surface area contributed by atoms with Crippen LogP contribution in [0.3, 0.4) is 0 Å². The van der Waals surface area contributed by atoms with E-state index in [9.17, 15) is 19.5 Å². The van der Waals surface area contributed by atoms with Crippen LogP contribution in [0.5, 0.6) is 0 Å². The molecular weight excluding hydrogens is 560 g/mol. The second-order valence-electron chi connectivity index (χ2n) is 11.7. The molecule has 0 bridgehead atoms. The lowest BCUT2D eigenvalue weighted by Gasteiger charge is -2.33. The molecule has 3 amide bonds. The van der Waals surface area contributed by atoms with Gasteiger partial charge in [-0.15, -0.1) is 11.8 Å². The minimum Gasteiger partial charge on any atom is -0.381 e. The molecule has 1 heterocycles. The van der Waals surface area contributed by atoms with Crippen LogP contribution in [0.4, 0.5) is 5.69 Å². The Hall–Kier alpha value is -3.82. The highest BCUT2D eigenvalue weighted by Crippen LogP contribution is 2.40. The number of aliphatic hydroxyl groups excluding tert-OH is 1. The second-order valence-corrected chi connectivity index (χ2v) is 13.3. The molecule has 1 aliphatic rings. The molecule has 0 saturated carbocycles. The molecule has 0 aliphatic carbocycles. The van der Waals surface area contributed by atoms with Crippen LogP contribution >= 0.6 is 11.8 Å². The molecule has 8 nitrogen and oxygen atoms in total. The maximum absolute atomic E-state index is 13.9. The standard InChI is InChI=1S/C34H42N4O4S/c1-22-12-9-10-17-26(22)19-36-32(41)31-34(4,5)43-21-38(31)33(42)30(40)27(18-25-15-7-6-8-16-25)37-28(39)20-35-29-23(2)13-11-14-24(29)3/h6-17,27,30-31,35,40H,18-21H2,1-5H3,(H,36,41)(H,37,39)/t27?,30-,31+/m0/s1. The molecule has 4 N–H and O–H groups in total. The highest BCUT2D eigenvalue weighted by Gasteiger charge is 2.49. The Kier molecular flexibility index (Phi) is 10.5. The van der Waals surface area contributed by atoms with Crippen molar-refractivity contribution in [1.82, 2.24) is 15.5 Å². The van der Waals surface area contributed by atoms with Gasteiger partial charge in [0.25, 0.3) is 5.91 Å². The van der Waals surface area contributed by atoms with Crippen LogP contribution in [-0.2, 0) is 27.3 Å². The summed E-state index contributed by atoms with van der Waals surface area (Å²) >= 11 is 1.49. The van der Waals surface area contributed by atoms with Crippen molar-refractivity contribution >= 4 is 35.2 Å². The van der Waals surface area contributed by atoms with Crippen molar-refractivity contribution in [3.05, 3.63) is 101 Å². The lowest BCUT2D eigenvalue weighted by atomic mass is 9.97. The molecule has 3 atom stereocenters. The molecule has 4 rings (SSSR count). The Morgan fingerprint density at radius 1 is 0.930 bits per heavy atom. The Morgan fingerprint density at radius 2 is 1.56 bits per heavy atom. The van der Waals surface area contributed by atoms with Crippen LogP contribution in [0.15, 0.2) is 72.8 Å². The SMILES string of the molecule is Cc1ccccc1CNC(=O)[C@H]1N(C(=O)[C@@H](O)C(Cc2ccccc2)NC(=O)CNc2c(C)cccc2C)CSC1(C)C. The summed E-state index contributed by atoms with van der Waals surface area (Å²) in [6.07, 6.45) is -1.30. The van der Waals surface area contributed by atoms with Gasteiger partial charge in [0.1, 0.15) is 6.04 Å². The van der Waals surface area contributed by atoms with Gasteiger partial charge in [0.05, 0.1) is 18.5 Å². The third-order valence-corrected chi connectivity index (χ3v) is 9.35. The third kappa shape index (κ3) is 7.97. The number of hydrogen-bond donors (Lipinski definition) is 4. The fraction of sp³-hybridized carbons (Fsp3) is 0.382. The molecule has 228 valence electrons. The molecule has 0 radical (unpaired) electrons. The number of benzene rings is 3. The van der Waals surface area contributed by atoms with Crippen LogP contribution in [0.25, 0.3) is 0 Å². The van der Waals surface area contributed by atoms with E-state index in [-0.39, 0.29) is 30.7 Å². The maximum atomic E-state index is 13.9. The van der Waals surface area contributed by atoms with Gasteiger partial charge in [-0.1, -0.05) is 72.8 Å². The van der Waals surface area contributed by atoms with Gasteiger partial charge < -0.3 is 26.0 Å². The lowest BCUT2D eigenvalue weighted by Crippen LogP contribution is -2.59. The Labute approximate surface area is 258 Å². The monoisotopic (exact) mass is 602 g/mol. The van der Waals surface area contributed by atoms with E-state index in [1.54, 1.807) is 0 Å². The fourth-order valence-corrected chi connectivity index (χ4v) is 6.61. The van der Waals surface area contributed by atoms with Crippen molar-refractivity contribution in [2.24, 2.45) is 0 Å². The van der Waals surface area contributed by atoms with Gasteiger partial charge in [0.15, 0.2) is 6.10 Å². The first-order valence-electron chi connectivity index (χ1n) is 14.6. The summed E-state index contributed by atoms with van der Waals surface area (Å²) in [5, 5.41) is 20.5. The number of carbonyl (C=O) groups excluding carboxylic acids is 3. The number of rotatable bonds is 11. The Morgan fingerprint density at radius 3 is 2.23 bits per heavy atom. The summed E-state index contributed by atoms with van der Waals surface area (Å²) in [6, 6.07) is 21.5. The zero-order valence-corrected chi connectivity index (χ0v) is 26.3. The first kappa shape index (κ1) is 32.1. The van der Waals surface area contributed by atoms with E-state index < -0.39 is 28.8 Å². The van der Waals surface area contributed by atoms with E-state index in [1.165, 1.54) is 16.7 Å². The van der Waals surface area contributed by atoms with Crippen molar-refractivity contribution in [2.75, 3.05) is 17.7 Å². The summed E-state index contributed by atoms with van der Waals surface area (Å²) in [6.45, 7) is 10.1. The van der Waals surface area contributed by atoms with Crippen LogP contribution in [0.1, 0.15) is 41.7 Å². The van der Waals surface area contributed by atoms with Gasteiger partial charge in [-0.05, 0) is 68.9 Å². The summed E-state index contributed by atoms with van der Waals surface area (Å²) in [7, 11) is 0. The van der Waals surface area contributed by atoms with Crippen molar-refractivity contribution in [1.29, 1.82) is 0 Å². The second kappa shape index (κ2) is 14.1. The van der Waals surface area contributed by atoms with Crippen molar-refractivity contribution < 1.29 is 19.5 Å². The first-order chi connectivity index (χ1) is 20.5. The largest absolute Gasteiger partial charge is 0.381 e. The summed E-state index contributed by atoms with van der Waals surface area (Å²) in [4.78, 5) is 42.0. The Balaban J connectivity index is 1.49. The molecule has 1 unspecified atom stereocenters. The van der Waals surface area contributed by atoms with E-state index in [0.717, 1.165) is 33.5 Å². The fourth-order valence-electron chi connectivity index (χ4n) is 5.47. The van der Waals surface area contributed by atoms with E-state index >= 15 is 0 Å². The summed E-state index contributed by atoms with van der Waals surface area (Å²) in [5.41, 5.74) is 5.85. The molecule has 0 spiro atoms. The minimum absolute atomic E-state index is 0.0194. The number of para-hydroxylation sites is 1. The lowest BCUT2D eigenvalue weighted by molar-refractivity contribution is -0.147. The van der Waals surface area contributed by atoms with Crippen LogP contribution in [0.2, 0.25) is 0 Å². The highest BCUT2D eigenvalue weighted by molar-refractivity contribution is 8.00. The molecule has 3 aromatic rings. The number of carbonyl (C=O) groups is 3. The molecule has 0 aromatic heterocycles. The average molecular weight is 603 g/mol. The van der Waals surface area contributed by atoms with Gasteiger partial charge in [0.2, 0.25) is 11.8 Å². The molecule has 1 aliphatic heterocycles. The van der Waals surface area contributed by atoms with Gasteiger partial charge in [0, 0.05) is 17.0 Å². The van der Waals surface area contributed by atoms with Crippen molar-refractivity contribution in [3.8, 4) is 0 Å². The maximum Gasteiger partial charge on any atom is 0.254 e. The van der Waals surface area contributed by atoms with E-state index in [1.807, 2.05) is 107 Å². The zero-order valence-electron chi connectivity index (χ0n) is 25.5. The van der Waals surface area contributed by atoms with Crippen LogP contribution in [-0.4, -0.2) is 63.1 Å². The number of amides is 3. The topological polar surface area (TPSA) is 111 Å². The van der Waals surface area contributed by atoms with Gasteiger partial charge >= 0.3 is 0 Å². The predicted molar refractivity (Wildman–Crippen MR) is 173 cm³/mol. The molecule has 1 saturated heterocycles. The number of anilines is 1. The van der Waals surface area contributed by atoms with Gasteiger partial charge in [-0.2, -0.15) is 0 Å². The normalized spacial score (nSPS) is 17.2. The van der Waals surface area contributed by atoms with E-state index in [0.29, 0.717) is 6.54 Å². The zero-order chi connectivity index (χ0) is 31.1. The van der Waals surface area contributed by atoms with E-state index in [4.69, 9.17) is 0 Å². The minimum atomic E-state index is -1.55. The molecule has 3 aromatic carbocycles. The smallest absolute Gasteiger partial charge is 0.254 e. The quantitative estimate of drug-likeness (QED) is 0.263. The van der Waals surface area contributed by atoms with Crippen molar-refractivity contribution in [3.63, 3.8) is 0 Å². The predicted octanol–water partition coefficient (Wildman–Crippen LogP) is 4.11. The van der Waals surface area contributed by atoms with E-state index in [2.05, 4.69) is 16.0 Å². The number of nitrogens with zero attached hydrogens (tertiary/aromatic N) is 1. The first-order valence-corrected chi connectivity index (χ1v) is 15.5.